The van der Waals surface area contributed by atoms with Crippen molar-refractivity contribution in [2.75, 3.05) is 13.1 Å². The van der Waals surface area contributed by atoms with E-state index < -0.39 is 11.8 Å². The first kappa shape index (κ1) is 15.3. The molecular weight excluding hydrogens is 281 g/mol. The third-order valence-electron chi connectivity index (χ3n) is 3.72. The molecule has 0 aliphatic carbocycles. The van der Waals surface area contributed by atoms with Crippen molar-refractivity contribution < 1.29 is 14.3 Å². The van der Waals surface area contributed by atoms with Crippen LogP contribution in [0.4, 0.5) is 4.39 Å². The monoisotopic (exact) mass is 299 g/mol. The van der Waals surface area contributed by atoms with E-state index in [1.807, 2.05) is 0 Å². The molecule has 1 heterocycles. The molecule has 1 atom stereocenters. The molecule has 0 saturated carbocycles. The molecule has 1 aromatic rings. The van der Waals surface area contributed by atoms with Crippen molar-refractivity contribution in [3.05, 3.63) is 34.6 Å². The van der Waals surface area contributed by atoms with Crippen molar-refractivity contribution in [2.24, 2.45) is 0 Å². The molecular formula is C15H19ClFNO2. The van der Waals surface area contributed by atoms with Gasteiger partial charge in [0.2, 0.25) is 0 Å². The van der Waals surface area contributed by atoms with Crippen molar-refractivity contribution in [1.29, 1.82) is 0 Å². The summed E-state index contributed by atoms with van der Waals surface area (Å²) in [5, 5.41) is 9.44. The summed E-state index contributed by atoms with van der Waals surface area (Å²) in [6, 6.07) is 4.00. The number of carbonyl (C=O) groups is 1. The summed E-state index contributed by atoms with van der Waals surface area (Å²) in [5.41, 5.74) is 0.652. The summed E-state index contributed by atoms with van der Waals surface area (Å²) in [6.07, 6.45) is 4.42. The highest BCUT2D eigenvalue weighted by molar-refractivity contribution is 6.30. The Morgan fingerprint density at radius 3 is 2.45 bits per heavy atom. The van der Waals surface area contributed by atoms with Gasteiger partial charge in [0, 0.05) is 11.1 Å². The third-order valence-corrected chi connectivity index (χ3v) is 3.94. The van der Waals surface area contributed by atoms with Crippen LogP contribution < -0.4 is 0 Å². The van der Waals surface area contributed by atoms with Crippen LogP contribution in [0.15, 0.2) is 18.2 Å². The highest BCUT2D eigenvalue weighted by atomic mass is 35.5. The number of nitrogens with zero attached hydrogens (tertiary/aromatic N) is 1. The molecule has 20 heavy (non-hydrogen) atoms. The zero-order valence-electron chi connectivity index (χ0n) is 11.3. The number of carboxylic acids is 1. The molecule has 0 radical (unpaired) electrons. The number of halogens is 2. The van der Waals surface area contributed by atoms with Gasteiger partial charge in [-0.3, -0.25) is 9.69 Å². The van der Waals surface area contributed by atoms with Crippen LogP contribution in [0.3, 0.4) is 0 Å². The molecule has 1 aliphatic heterocycles. The number of benzene rings is 1. The van der Waals surface area contributed by atoms with E-state index in [1.165, 1.54) is 25.0 Å². The van der Waals surface area contributed by atoms with Crippen molar-refractivity contribution >= 4 is 17.6 Å². The van der Waals surface area contributed by atoms with Crippen LogP contribution in [0.1, 0.15) is 43.7 Å². The van der Waals surface area contributed by atoms with Gasteiger partial charge in [-0.1, -0.05) is 24.4 Å². The van der Waals surface area contributed by atoms with Crippen LogP contribution in [0.5, 0.6) is 0 Å². The van der Waals surface area contributed by atoms with Crippen LogP contribution >= 0.6 is 11.6 Å². The molecule has 0 spiro atoms. The van der Waals surface area contributed by atoms with Crippen molar-refractivity contribution in [3.63, 3.8) is 0 Å². The van der Waals surface area contributed by atoms with Gasteiger partial charge in [-0.2, -0.15) is 0 Å². The smallest absolute Gasteiger partial charge is 0.305 e. The van der Waals surface area contributed by atoms with E-state index >= 15 is 0 Å². The standard InChI is InChI=1S/C15H19ClFNO2/c16-12-7-11(8-13(17)9-12)14(10-15(19)20)18-5-3-1-2-4-6-18/h7-9,14H,1-6,10H2,(H,19,20). The predicted molar refractivity (Wildman–Crippen MR) is 76.4 cm³/mol. The van der Waals surface area contributed by atoms with Gasteiger partial charge in [0.1, 0.15) is 5.82 Å². The minimum absolute atomic E-state index is 0.0280. The maximum Gasteiger partial charge on any atom is 0.305 e. The second-order valence-electron chi connectivity index (χ2n) is 5.27. The zero-order chi connectivity index (χ0) is 14.5. The normalized spacial score (nSPS) is 18.5. The van der Waals surface area contributed by atoms with Crippen LogP contribution in [0.2, 0.25) is 5.02 Å². The van der Waals surface area contributed by atoms with Gasteiger partial charge in [0.25, 0.3) is 0 Å². The Morgan fingerprint density at radius 1 is 1.25 bits per heavy atom. The van der Waals surface area contributed by atoms with Gasteiger partial charge >= 0.3 is 5.97 Å². The first-order valence-electron chi connectivity index (χ1n) is 6.98. The molecule has 0 aromatic heterocycles. The van der Waals surface area contributed by atoms with Crippen LogP contribution in [-0.2, 0) is 4.79 Å². The fraction of sp³-hybridized carbons (Fsp3) is 0.533. The molecule has 2 rings (SSSR count). The van der Waals surface area contributed by atoms with E-state index in [0.29, 0.717) is 10.6 Å². The first-order chi connectivity index (χ1) is 9.56. The van der Waals surface area contributed by atoms with Gasteiger partial charge in [0.05, 0.1) is 6.42 Å². The Kier molecular flexibility index (Phi) is 5.38. The second kappa shape index (κ2) is 7.04. The van der Waals surface area contributed by atoms with E-state index in [0.717, 1.165) is 25.9 Å². The quantitative estimate of drug-likeness (QED) is 0.917. The van der Waals surface area contributed by atoms with Gasteiger partial charge in [0.15, 0.2) is 0 Å². The van der Waals surface area contributed by atoms with Crippen LogP contribution in [0.25, 0.3) is 0 Å². The molecule has 1 aromatic carbocycles. The lowest BCUT2D eigenvalue weighted by atomic mass is 10.0. The highest BCUT2D eigenvalue weighted by Crippen LogP contribution is 2.29. The van der Waals surface area contributed by atoms with E-state index in [2.05, 4.69) is 4.90 Å². The third kappa shape index (κ3) is 4.18. The Labute approximate surface area is 123 Å². The summed E-state index contributed by atoms with van der Waals surface area (Å²) < 4.78 is 13.5. The van der Waals surface area contributed by atoms with Crippen molar-refractivity contribution in [3.8, 4) is 0 Å². The summed E-state index contributed by atoms with van der Waals surface area (Å²) in [7, 11) is 0. The fourth-order valence-electron chi connectivity index (χ4n) is 2.80. The summed E-state index contributed by atoms with van der Waals surface area (Å²) in [6.45, 7) is 1.71. The molecule has 5 heteroatoms. The van der Waals surface area contributed by atoms with E-state index in [4.69, 9.17) is 16.7 Å². The Balaban J connectivity index is 2.27. The summed E-state index contributed by atoms with van der Waals surface area (Å²) >= 11 is 5.90. The Bertz CT molecular complexity index is 453. The molecule has 1 unspecified atom stereocenters. The number of hydrogen-bond donors (Lipinski definition) is 1. The number of rotatable bonds is 4. The Morgan fingerprint density at radius 2 is 1.90 bits per heavy atom. The van der Waals surface area contributed by atoms with E-state index in [-0.39, 0.29) is 12.5 Å². The number of likely N-dealkylation sites (tertiary alicyclic amines) is 1. The van der Waals surface area contributed by atoms with Crippen molar-refractivity contribution in [2.45, 2.75) is 38.1 Å². The maximum atomic E-state index is 13.5. The molecule has 1 fully saturated rings. The van der Waals surface area contributed by atoms with Gasteiger partial charge in [-0.25, -0.2) is 4.39 Å². The lowest BCUT2D eigenvalue weighted by molar-refractivity contribution is -0.138. The largest absolute Gasteiger partial charge is 0.481 e. The molecule has 1 N–H and O–H groups in total. The number of hydrogen-bond acceptors (Lipinski definition) is 2. The SMILES string of the molecule is O=C(O)CC(c1cc(F)cc(Cl)c1)N1CCCCCC1. The van der Waals surface area contributed by atoms with Gasteiger partial charge in [-0.05, 0) is 49.7 Å². The van der Waals surface area contributed by atoms with Crippen LogP contribution in [-0.4, -0.2) is 29.1 Å². The van der Waals surface area contributed by atoms with Crippen LogP contribution in [0, 0.1) is 5.82 Å². The average molecular weight is 300 g/mol. The lowest BCUT2D eigenvalue weighted by Gasteiger charge is -2.30. The number of aliphatic carboxylic acids is 1. The molecule has 0 bridgehead atoms. The Hall–Kier alpha value is -1.13. The topological polar surface area (TPSA) is 40.5 Å². The van der Waals surface area contributed by atoms with Gasteiger partial charge in [-0.15, -0.1) is 0 Å². The molecule has 110 valence electrons. The number of carboxylic acid groups (broad SMARTS) is 1. The molecule has 0 amide bonds. The molecule has 3 nitrogen and oxygen atoms in total. The average Bonchev–Trinajstić information content (AvgIpc) is 2.63. The lowest BCUT2D eigenvalue weighted by Crippen LogP contribution is -2.31. The summed E-state index contributed by atoms with van der Waals surface area (Å²) in [5.74, 6) is -1.29. The second-order valence-corrected chi connectivity index (χ2v) is 5.70. The fourth-order valence-corrected chi connectivity index (χ4v) is 3.03. The van der Waals surface area contributed by atoms with Crippen molar-refractivity contribution in [1.82, 2.24) is 4.90 Å². The zero-order valence-corrected chi connectivity index (χ0v) is 12.1. The maximum absolute atomic E-state index is 13.5. The predicted octanol–water partition coefficient (Wildman–Crippen LogP) is 3.87. The first-order valence-corrected chi connectivity index (χ1v) is 7.36. The van der Waals surface area contributed by atoms with Gasteiger partial charge < -0.3 is 5.11 Å². The highest BCUT2D eigenvalue weighted by Gasteiger charge is 2.24. The summed E-state index contributed by atoms with van der Waals surface area (Å²) in [4.78, 5) is 13.3. The minimum atomic E-state index is -0.875. The molecule has 1 aliphatic rings. The van der Waals surface area contributed by atoms with E-state index in [1.54, 1.807) is 6.07 Å². The molecule has 1 saturated heterocycles. The minimum Gasteiger partial charge on any atom is -0.481 e. The van der Waals surface area contributed by atoms with E-state index in [9.17, 15) is 9.18 Å².